The van der Waals surface area contributed by atoms with E-state index < -0.39 is 0 Å². The van der Waals surface area contributed by atoms with Gasteiger partial charge in [-0.3, -0.25) is 4.79 Å². The van der Waals surface area contributed by atoms with Crippen molar-refractivity contribution in [2.75, 3.05) is 53.5 Å². The number of amides is 1. The van der Waals surface area contributed by atoms with E-state index in [-0.39, 0.29) is 12.5 Å². The number of carbonyl (C=O) groups excluding carboxylic acids is 1. The molecule has 120 valence electrons. The summed E-state index contributed by atoms with van der Waals surface area (Å²) >= 11 is 0. The Kier molecular flexibility index (Phi) is 7.82. The quantitative estimate of drug-likeness (QED) is 0.424. The lowest BCUT2D eigenvalue weighted by Gasteiger charge is -2.22. The second kappa shape index (κ2) is 9.39. The van der Waals surface area contributed by atoms with Crippen molar-refractivity contribution in [3.63, 3.8) is 0 Å². The number of aliphatic imine (C=N–C) groups is 1. The van der Waals surface area contributed by atoms with Crippen LogP contribution in [0.25, 0.3) is 0 Å². The van der Waals surface area contributed by atoms with Gasteiger partial charge in [0.15, 0.2) is 5.96 Å². The van der Waals surface area contributed by atoms with Crippen LogP contribution in [0.2, 0.25) is 0 Å². The van der Waals surface area contributed by atoms with Crippen molar-refractivity contribution in [2.45, 2.75) is 13.3 Å². The van der Waals surface area contributed by atoms with Crippen LogP contribution < -0.4 is 5.32 Å². The number of nitrogens with zero attached hydrogens (tertiary/aromatic N) is 3. The molecule has 1 N–H and O–H groups in total. The van der Waals surface area contributed by atoms with Gasteiger partial charge >= 0.3 is 0 Å². The molecular weight excluding hydrogens is 268 g/mol. The molecule has 0 aliphatic carbocycles. The maximum Gasteiger partial charge on any atom is 0.243 e. The number of ether oxygens (including phenoxy) is 1. The summed E-state index contributed by atoms with van der Waals surface area (Å²) in [6.45, 7) is 9.93. The van der Waals surface area contributed by atoms with Crippen molar-refractivity contribution in [3.05, 3.63) is 12.7 Å². The summed E-state index contributed by atoms with van der Waals surface area (Å²) in [5.41, 5.74) is 0. The van der Waals surface area contributed by atoms with E-state index in [1.54, 1.807) is 25.1 Å². The average Bonchev–Trinajstić information content (AvgIpc) is 2.93. The van der Waals surface area contributed by atoms with Crippen molar-refractivity contribution in [1.82, 2.24) is 15.1 Å². The van der Waals surface area contributed by atoms with Crippen molar-refractivity contribution in [1.29, 1.82) is 0 Å². The van der Waals surface area contributed by atoms with E-state index >= 15 is 0 Å². The highest BCUT2D eigenvalue weighted by molar-refractivity contribution is 5.85. The van der Waals surface area contributed by atoms with E-state index in [0.717, 1.165) is 38.7 Å². The van der Waals surface area contributed by atoms with Crippen molar-refractivity contribution in [2.24, 2.45) is 10.9 Å². The zero-order chi connectivity index (χ0) is 15.7. The Hall–Kier alpha value is -1.56. The third kappa shape index (κ3) is 6.16. The Morgan fingerprint density at radius 3 is 2.95 bits per heavy atom. The molecular formula is C15H28N4O2. The molecule has 1 atom stereocenters. The zero-order valence-electron chi connectivity index (χ0n) is 13.5. The van der Waals surface area contributed by atoms with Gasteiger partial charge in [-0.05, 0) is 13.3 Å². The third-order valence-electron chi connectivity index (χ3n) is 3.41. The first-order valence-electron chi connectivity index (χ1n) is 7.50. The molecule has 0 aromatic rings. The smallest absolute Gasteiger partial charge is 0.243 e. The van der Waals surface area contributed by atoms with Gasteiger partial charge < -0.3 is 19.9 Å². The third-order valence-corrected chi connectivity index (χ3v) is 3.41. The molecule has 1 unspecified atom stereocenters. The fourth-order valence-corrected chi connectivity index (χ4v) is 2.16. The first-order valence-corrected chi connectivity index (χ1v) is 7.50. The number of likely N-dealkylation sites (tertiary alicyclic amines) is 1. The highest BCUT2D eigenvalue weighted by atomic mass is 16.5. The molecule has 6 nitrogen and oxygen atoms in total. The molecule has 1 rings (SSSR count). The number of carbonyl (C=O) groups is 1. The average molecular weight is 296 g/mol. The normalized spacial score (nSPS) is 18.7. The van der Waals surface area contributed by atoms with E-state index in [4.69, 9.17) is 4.74 Å². The van der Waals surface area contributed by atoms with Crippen LogP contribution in [0.4, 0.5) is 0 Å². The number of nitrogens with one attached hydrogen (secondary N) is 1. The summed E-state index contributed by atoms with van der Waals surface area (Å²) in [5, 5.41) is 3.23. The van der Waals surface area contributed by atoms with Crippen LogP contribution in [0.15, 0.2) is 17.6 Å². The first kappa shape index (κ1) is 17.5. The molecule has 0 spiro atoms. The van der Waals surface area contributed by atoms with Gasteiger partial charge in [0.05, 0.1) is 6.61 Å². The van der Waals surface area contributed by atoms with Gasteiger partial charge in [0.2, 0.25) is 5.91 Å². The van der Waals surface area contributed by atoms with Crippen LogP contribution in [0, 0.1) is 5.92 Å². The molecule has 6 heteroatoms. The minimum Gasteiger partial charge on any atom is -0.381 e. The van der Waals surface area contributed by atoms with Gasteiger partial charge in [0.1, 0.15) is 6.54 Å². The molecule has 1 amide bonds. The fraction of sp³-hybridized carbons (Fsp3) is 0.733. The SMILES string of the molecule is C=CCNC(=NCC(=O)N(C)C)N1CCC(COCC)C1. The first-order chi connectivity index (χ1) is 10.1. The lowest BCUT2D eigenvalue weighted by atomic mass is 10.1. The summed E-state index contributed by atoms with van der Waals surface area (Å²) in [7, 11) is 3.48. The van der Waals surface area contributed by atoms with E-state index in [9.17, 15) is 4.79 Å². The number of hydrogen-bond donors (Lipinski definition) is 1. The van der Waals surface area contributed by atoms with Crippen LogP contribution >= 0.6 is 0 Å². The summed E-state index contributed by atoms with van der Waals surface area (Å²) in [5.74, 6) is 1.31. The monoisotopic (exact) mass is 296 g/mol. The van der Waals surface area contributed by atoms with Crippen LogP contribution in [-0.2, 0) is 9.53 Å². The second-order valence-electron chi connectivity index (χ2n) is 5.36. The Morgan fingerprint density at radius 1 is 1.57 bits per heavy atom. The van der Waals surface area contributed by atoms with E-state index in [2.05, 4.69) is 21.8 Å². The van der Waals surface area contributed by atoms with Crippen molar-refractivity contribution < 1.29 is 9.53 Å². The van der Waals surface area contributed by atoms with E-state index in [1.807, 2.05) is 6.92 Å². The van der Waals surface area contributed by atoms with Crippen LogP contribution in [0.3, 0.4) is 0 Å². The van der Waals surface area contributed by atoms with Gasteiger partial charge in [-0.15, -0.1) is 6.58 Å². The lowest BCUT2D eigenvalue weighted by Crippen LogP contribution is -2.41. The maximum atomic E-state index is 11.7. The molecule has 0 saturated carbocycles. The molecule has 0 bridgehead atoms. The Balaban J connectivity index is 2.59. The standard InChI is InChI=1S/C15H28N4O2/c1-5-8-16-15(17-10-14(20)18(3)4)19-9-7-13(11-19)12-21-6-2/h5,13H,1,6-12H2,2-4H3,(H,16,17). The van der Waals surface area contributed by atoms with Crippen LogP contribution in [0.1, 0.15) is 13.3 Å². The number of guanidine groups is 1. The van der Waals surface area contributed by atoms with Gasteiger partial charge in [0.25, 0.3) is 0 Å². The maximum absolute atomic E-state index is 11.7. The van der Waals surface area contributed by atoms with Crippen LogP contribution in [0.5, 0.6) is 0 Å². The molecule has 0 radical (unpaired) electrons. The molecule has 1 saturated heterocycles. The van der Waals surface area contributed by atoms with Gasteiger partial charge in [0, 0.05) is 46.3 Å². The van der Waals surface area contributed by atoms with E-state index in [1.165, 1.54) is 0 Å². The largest absolute Gasteiger partial charge is 0.381 e. The minimum absolute atomic E-state index is 0.00188. The number of likely N-dealkylation sites (N-methyl/N-ethyl adjacent to an activating group) is 1. The summed E-state index contributed by atoms with van der Waals surface area (Å²) < 4.78 is 5.49. The lowest BCUT2D eigenvalue weighted by molar-refractivity contribution is -0.127. The van der Waals surface area contributed by atoms with E-state index in [0.29, 0.717) is 12.5 Å². The Labute approximate surface area is 127 Å². The minimum atomic E-state index is -0.00188. The zero-order valence-corrected chi connectivity index (χ0v) is 13.5. The highest BCUT2D eigenvalue weighted by Gasteiger charge is 2.25. The number of rotatable bonds is 7. The predicted molar refractivity (Wildman–Crippen MR) is 85.4 cm³/mol. The highest BCUT2D eigenvalue weighted by Crippen LogP contribution is 2.16. The summed E-state index contributed by atoms with van der Waals surface area (Å²) in [6.07, 6.45) is 2.88. The predicted octanol–water partition coefficient (Wildman–Crippen LogP) is 0.565. The van der Waals surface area contributed by atoms with Crippen molar-refractivity contribution in [3.8, 4) is 0 Å². The number of hydrogen-bond acceptors (Lipinski definition) is 3. The summed E-state index contributed by atoms with van der Waals surface area (Å²) in [4.78, 5) is 19.8. The molecule has 0 aromatic heterocycles. The Morgan fingerprint density at radius 2 is 2.33 bits per heavy atom. The fourth-order valence-electron chi connectivity index (χ4n) is 2.16. The molecule has 21 heavy (non-hydrogen) atoms. The molecule has 1 aliphatic heterocycles. The Bertz CT molecular complexity index is 369. The van der Waals surface area contributed by atoms with Crippen LogP contribution in [-0.4, -0.2) is 75.2 Å². The molecule has 1 aliphatic rings. The molecule has 1 fully saturated rings. The topological polar surface area (TPSA) is 57.2 Å². The second-order valence-corrected chi connectivity index (χ2v) is 5.36. The van der Waals surface area contributed by atoms with Crippen molar-refractivity contribution >= 4 is 11.9 Å². The summed E-state index contributed by atoms with van der Waals surface area (Å²) in [6, 6.07) is 0. The molecule has 0 aromatic carbocycles. The van der Waals surface area contributed by atoms with Gasteiger partial charge in [-0.2, -0.15) is 0 Å². The van der Waals surface area contributed by atoms with Gasteiger partial charge in [-0.25, -0.2) is 4.99 Å². The molecule has 1 heterocycles. The van der Waals surface area contributed by atoms with Gasteiger partial charge in [-0.1, -0.05) is 6.08 Å².